The predicted octanol–water partition coefficient (Wildman–Crippen LogP) is 2.49. The highest BCUT2D eigenvalue weighted by atomic mass is 16.5. The van der Waals surface area contributed by atoms with E-state index in [1.165, 1.54) is 0 Å². The van der Waals surface area contributed by atoms with Crippen LogP contribution in [0.1, 0.15) is 35.2 Å². The maximum Gasteiger partial charge on any atom is 0.265 e. The van der Waals surface area contributed by atoms with Gasteiger partial charge in [0.25, 0.3) is 11.8 Å². The van der Waals surface area contributed by atoms with E-state index in [1.54, 1.807) is 24.3 Å². The summed E-state index contributed by atoms with van der Waals surface area (Å²) in [6, 6.07) is 14.8. The number of carbonyl (C=O) groups is 2. The number of amides is 2. The third-order valence-electron chi connectivity index (χ3n) is 5.61. The van der Waals surface area contributed by atoms with Crippen LogP contribution in [0.15, 0.2) is 48.5 Å². The summed E-state index contributed by atoms with van der Waals surface area (Å²) in [6.07, 6.45) is 3.10. The minimum atomic E-state index is -0.557. The van der Waals surface area contributed by atoms with Gasteiger partial charge in [0.2, 0.25) is 0 Å². The molecule has 0 saturated heterocycles. The van der Waals surface area contributed by atoms with E-state index < -0.39 is 6.10 Å². The summed E-state index contributed by atoms with van der Waals surface area (Å²) in [6.45, 7) is 0.588. The third kappa shape index (κ3) is 3.87. The van der Waals surface area contributed by atoms with E-state index in [2.05, 4.69) is 10.6 Å². The van der Waals surface area contributed by atoms with Gasteiger partial charge >= 0.3 is 0 Å². The number of para-hydroxylation sites is 1. The molecule has 0 bridgehead atoms. The van der Waals surface area contributed by atoms with Gasteiger partial charge in [0.05, 0.1) is 0 Å². The van der Waals surface area contributed by atoms with Crippen LogP contribution in [-0.2, 0) is 11.2 Å². The van der Waals surface area contributed by atoms with Gasteiger partial charge in [-0.3, -0.25) is 9.59 Å². The lowest BCUT2D eigenvalue weighted by Gasteiger charge is -2.19. The molecule has 1 fully saturated rings. The summed E-state index contributed by atoms with van der Waals surface area (Å²) < 4.78 is 5.73. The third-order valence-corrected chi connectivity index (χ3v) is 5.61. The van der Waals surface area contributed by atoms with Crippen molar-refractivity contribution in [2.45, 2.75) is 37.8 Å². The Kier molecular flexibility index (Phi) is 5.30. The zero-order chi connectivity index (χ0) is 19.5. The number of fused-ring (bicyclic) bond motifs is 1. The van der Waals surface area contributed by atoms with Crippen molar-refractivity contribution in [3.8, 4) is 5.75 Å². The van der Waals surface area contributed by atoms with Crippen molar-refractivity contribution in [1.82, 2.24) is 5.32 Å². The molecule has 3 unspecified atom stereocenters. The molecular formula is C22H25N3O3. The highest BCUT2D eigenvalue weighted by Crippen LogP contribution is 2.29. The zero-order valence-electron chi connectivity index (χ0n) is 15.7. The number of rotatable bonds is 5. The molecule has 1 aliphatic heterocycles. The maximum absolute atomic E-state index is 12.6. The average Bonchev–Trinajstić information content (AvgIpc) is 3.34. The lowest BCUT2D eigenvalue weighted by Crippen LogP contribution is -2.39. The standard InChI is InChI=1S/C22H25N3O3/c23-13-16-7-4-9-18(16)25-21(26)15-6-3-8-17(11-15)24-22(27)20-12-14-5-1-2-10-19(14)28-20/h1-3,5-6,8,10-11,16,18,20H,4,7,9,12-13,23H2,(H,24,27)(H,25,26). The van der Waals surface area contributed by atoms with Crippen LogP contribution in [0.2, 0.25) is 0 Å². The number of anilines is 1. The fourth-order valence-corrected chi connectivity index (χ4v) is 4.05. The number of hydrogen-bond donors (Lipinski definition) is 3. The fourth-order valence-electron chi connectivity index (χ4n) is 4.05. The smallest absolute Gasteiger partial charge is 0.265 e. The van der Waals surface area contributed by atoms with Crippen LogP contribution in [0.4, 0.5) is 5.69 Å². The van der Waals surface area contributed by atoms with Crippen LogP contribution in [0.3, 0.4) is 0 Å². The molecule has 2 aromatic carbocycles. The Morgan fingerprint density at radius 1 is 1.11 bits per heavy atom. The van der Waals surface area contributed by atoms with E-state index in [-0.39, 0.29) is 17.9 Å². The molecule has 2 aliphatic rings. The van der Waals surface area contributed by atoms with Crippen LogP contribution in [0, 0.1) is 5.92 Å². The molecule has 4 rings (SSSR count). The van der Waals surface area contributed by atoms with Gasteiger partial charge in [-0.1, -0.05) is 30.7 Å². The van der Waals surface area contributed by atoms with Crippen LogP contribution in [0.25, 0.3) is 0 Å². The minimum absolute atomic E-state index is 0.126. The van der Waals surface area contributed by atoms with E-state index in [0.717, 1.165) is 30.6 Å². The van der Waals surface area contributed by atoms with Gasteiger partial charge in [0.1, 0.15) is 5.75 Å². The first kappa shape index (κ1) is 18.5. The summed E-state index contributed by atoms with van der Waals surface area (Å²) in [7, 11) is 0. The Morgan fingerprint density at radius 2 is 1.96 bits per heavy atom. The van der Waals surface area contributed by atoms with E-state index >= 15 is 0 Å². The molecule has 4 N–H and O–H groups in total. The Labute approximate surface area is 164 Å². The topological polar surface area (TPSA) is 93.5 Å². The summed E-state index contributed by atoms with van der Waals surface area (Å²) in [5.74, 6) is 0.744. The van der Waals surface area contributed by atoms with Gasteiger partial charge in [-0.25, -0.2) is 0 Å². The van der Waals surface area contributed by atoms with Crippen LogP contribution < -0.4 is 21.1 Å². The minimum Gasteiger partial charge on any atom is -0.480 e. The van der Waals surface area contributed by atoms with E-state index in [4.69, 9.17) is 10.5 Å². The molecular weight excluding hydrogens is 354 g/mol. The number of benzene rings is 2. The molecule has 2 amide bonds. The summed E-state index contributed by atoms with van der Waals surface area (Å²) in [4.78, 5) is 25.2. The van der Waals surface area contributed by atoms with Gasteiger partial charge in [0, 0.05) is 23.7 Å². The summed E-state index contributed by atoms with van der Waals surface area (Å²) in [5, 5.41) is 5.95. The normalized spacial score (nSPS) is 23.0. The molecule has 146 valence electrons. The molecule has 28 heavy (non-hydrogen) atoms. The second kappa shape index (κ2) is 8.02. The van der Waals surface area contributed by atoms with E-state index in [1.807, 2.05) is 24.3 Å². The van der Waals surface area contributed by atoms with E-state index in [0.29, 0.717) is 30.1 Å². The van der Waals surface area contributed by atoms with Crippen molar-refractivity contribution in [3.05, 3.63) is 59.7 Å². The molecule has 3 atom stereocenters. The molecule has 0 aromatic heterocycles. The zero-order valence-corrected chi connectivity index (χ0v) is 15.7. The van der Waals surface area contributed by atoms with E-state index in [9.17, 15) is 9.59 Å². The Hall–Kier alpha value is -2.86. The molecule has 1 aliphatic carbocycles. The maximum atomic E-state index is 12.6. The molecule has 2 aromatic rings. The van der Waals surface area contributed by atoms with Crippen molar-refractivity contribution in [3.63, 3.8) is 0 Å². The number of hydrogen-bond acceptors (Lipinski definition) is 4. The second-order valence-electron chi connectivity index (χ2n) is 7.50. The monoisotopic (exact) mass is 379 g/mol. The molecule has 6 heteroatoms. The summed E-state index contributed by atoms with van der Waals surface area (Å²) in [5.41, 5.74) is 7.93. The molecule has 0 radical (unpaired) electrons. The Bertz CT molecular complexity index is 858. The molecule has 0 spiro atoms. The first-order valence-electron chi connectivity index (χ1n) is 9.80. The Balaban J connectivity index is 1.38. The number of nitrogens with one attached hydrogen (secondary N) is 2. The lowest BCUT2D eigenvalue weighted by molar-refractivity contribution is -0.122. The second-order valence-corrected chi connectivity index (χ2v) is 7.50. The van der Waals surface area contributed by atoms with Crippen molar-refractivity contribution in [2.24, 2.45) is 11.7 Å². The van der Waals surface area contributed by atoms with Gasteiger partial charge in [0.15, 0.2) is 6.10 Å². The highest BCUT2D eigenvalue weighted by molar-refractivity contribution is 5.98. The highest BCUT2D eigenvalue weighted by Gasteiger charge is 2.29. The van der Waals surface area contributed by atoms with Crippen LogP contribution >= 0.6 is 0 Å². The number of ether oxygens (including phenoxy) is 1. The molecule has 1 heterocycles. The first-order valence-corrected chi connectivity index (χ1v) is 9.80. The summed E-state index contributed by atoms with van der Waals surface area (Å²) >= 11 is 0. The van der Waals surface area contributed by atoms with Gasteiger partial charge in [-0.15, -0.1) is 0 Å². The predicted molar refractivity (Wildman–Crippen MR) is 107 cm³/mol. The largest absolute Gasteiger partial charge is 0.480 e. The van der Waals surface area contributed by atoms with Gasteiger partial charge in [-0.05, 0) is 55.1 Å². The van der Waals surface area contributed by atoms with Crippen molar-refractivity contribution >= 4 is 17.5 Å². The Morgan fingerprint density at radius 3 is 2.79 bits per heavy atom. The molecule has 6 nitrogen and oxygen atoms in total. The quantitative estimate of drug-likeness (QED) is 0.744. The van der Waals surface area contributed by atoms with Crippen LogP contribution in [0.5, 0.6) is 5.75 Å². The van der Waals surface area contributed by atoms with Crippen LogP contribution in [-0.4, -0.2) is 30.5 Å². The van der Waals surface area contributed by atoms with Crippen molar-refractivity contribution in [1.29, 1.82) is 0 Å². The first-order chi connectivity index (χ1) is 13.6. The SMILES string of the molecule is NCC1CCCC1NC(=O)c1cccc(NC(=O)C2Cc3ccccc3O2)c1. The van der Waals surface area contributed by atoms with Gasteiger partial charge in [-0.2, -0.15) is 0 Å². The molecule has 1 saturated carbocycles. The number of carbonyl (C=O) groups excluding carboxylic acids is 2. The van der Waals surface area contributed by atoms with Gasteiger partial charge < -0.3 is 21.1 Å². The number of nitrogens with two attached hydrogens (primary N) is 1. The van der Waals surface area contributed by atoms with Crippen molar-refractivity contribution < 1.29 is 14.3 Å². The lowest BCUT2D eigenvalue weighted by atomic mass is 10.0. The van der Waals surface area contributed by atoms with Crippen molar-refractivity contribution in [2.75, 3.05) is 11.9 Å². The average molecular weight is 379 g/mol. The fraction of sp³-hybridized carbons (Fsp3) is 0.364.